The minimum Gasteiger partial charge on any atom is -0.380 e. The van der Waals surface area contributed by atoms with E-state index in [2.05, 4.69) is 54.2 Å². The molecule has 3 nitrogen and oxygen atoms in total. The van der Waals surface area contributed by atoms with Crippen molar-refractivity contribution in [1.29, 1.82) is 0 Å². The van der Waals surface area contributed by atoms with E-state index >= 15 is 0 Å². The molecule has 0 unspecified atom stereocenters. The van der Waals surface area contributed by atoms with Crippen LogP contribution in [0.1, 0.15) is 25.8 Å². The molecule has 2 rings (SSSR count). The molecule has 0 bridgehead atoms. The lowest BCUT2D eigenvalue weighted by atomic mass is 10.1. The molecule has 0 aliphatic carbocycles. The van der Waals surface area contributed by atoms with Gasteiger partial charge in [0.2, 0.25) is 0 Å². The van der Waals surface area contributed by atoms with Crippen LogP contribution in [0, 0.1) is 0 Å². The summed E-state index contributed by atoms with van der Waals surface area (Å²) in [6.07, 6.45) is 3.23. The van der Waals surface area contributed by atoms with Crippen LogP contribution in [-0.2, 0) is 17.8 Å². The minimum atomic E-state index is 0.788. The number of nitrogens with one attached hydrogen (secondary N) is 1. The molecule has 19 heavy (non-hydrogen) atoms. The number of aromatic nitrogens is 1. The maximum absolute atomic E-state index is 5.55. The smallest absolute Gasteiger partial charge is 0.0645 e. The number of nitrogens with zero attached hydrogens (tertiary/aromatic N) is 1. The van der Waals surface area contributed by atoms with E-state index in [0.717, 1.165) is 39.3 Å². The maximum atomic E-state index is 5.55. The summed E-state index contributed by atoms with van der Waals surface area (Å²) in [6.45, 7) is 8.78. The van der Waals surface area contributed by atoms with Crippen LogP contribution in [0.3, 0.4) is 0 Å². The first-order chi connectivity index (χ1) is 9.35. The summed E-state index contributed by atoms with van der Waals surface area (Å²) in [5, 5.41) is 4.67. The van der Waals surface area contributed by atoms with Gasteiger partial charge in [0.1, 0.15) is 0 Å². The first-order valence-corrected chi connectivity index (χ1v) is 7.21. The van der Waals surface area contributed by atoms with Crippen molar-refractivity contribution in [2.45, 2.75) is 33.4 Å². The normalized spacial score (nSPS) is 11.3. The van der Waals surface area contributed by atoms with E-state index < -0.39 is 0 Å². The molecule has 0 aliphatic heterocycles. The molecule has 2 aromatic rings. The van der Waals surface area contributed by atoms with Crippen molar-refractivity contribution < 1.29 is 4.74 Å². The molecular weight excluding hydrogens is 236 g/mol. The fourth-order valence-corrected chi connectivity index (χ4v) is 2.23. The number of ether oxygens (including phenoxy) is 1. The highest BCUT2D eigenvalue weighted by atomic mass is 16.5. The van der Waals surface area contributed by atoms with Crippen molar-refractivity contribution in [3.8, 4) is 0 Å². The first-order valence-electron chi connectivity index (χ1n) is 7.21. The van der Waals surface area contributed by atoms with E-state index in [1.807, 2.05) is 0 Å². The summed E-state index contributed by atoms with van der Waals surface area (Å²) in [4.78, 5) is 0. The number of rotatable bonds is 8. The van der Waals surface area contributed by atoms with Gasteiger partial charge >= 0.3 is 0 Å². The van der Waals surface area contributed by atoms with Crippen LogP contribution in [0.2, 0.25) is 0 Å². The molecular formula is C16H24N2O. The Morgan fingerprint density at radius 2 is 2.05 bits per heavy atom. The van der Waals surface area contributed by atoms with Gasteiger partial charge in [0.15, 0.2) is 0 Å². The second-order valence-electron chi connectivity index (χ2n) is 4.80. The van der Waals surface area contributed by atoms with E-state index in [1.54, 1.807) is 0 Å². The quantitative estimate of drug-likeness (QED) is 0.738. The molecule has 104 valence electrons. The van der Waals surface area contributed by atoms with Gasteiger partial charge in [0.05, 0.1) is 6.61 Å². The summed E-state index contributed by atoms with van der Waals surface area (Å²) in [7, 11) is 0. The van der Waals surface area contributed by atoms with Crippen molar-refractivity contribution in [3.05, 3.63) is 36.0 Å². The van der Waals surface area contributed by atoms with Gasteiger partial charge in [-0.15, -0.1) is 0 Å². The summed E-state index contributed by atoms with van der Waals surface area (Å²) in [6, 6.07) is 8.86. The van der Waals surface area contributed by atoms with Crippen LogP contribution in [-0.4, -0.2) is 24.3 Å². The zero-order valence-electron chi connectivity index (χ0n) is 12.0. The number of benzene rings is 1. The molecule has 0 amide bonds. The SMILES string of the molecule is CCCOCCn1ccc2cc(CNCC)ccc21. The second-order valence-corrected chi connectivity index (χ2v) is 4.80. The van der Waals surface area contributed by atoms with Crippen molar-refractivity contribution >= 4 is 10.9 Å². The third kappa shape index (κ3) is 3.82. The summed E-state index contributed by atoms with van der Waals surface area (Å²) < 4.78 is 7.82. The lowest BCUT2D eigenvalue weighted by molar-refractivity contribution is 0.127. The van der Waals surface area contributed by atoms with Crippen molar-refractivity contribution in [2.24, 2.45) is 0 Å². The summed E-state index contributed by atoms with van der Waals surface area (Å²) >= 11 is 0. The Kier molecular flexibility index (Phi) is 5.43. The number of fused-ring (bicyclic) bond motifs is 1. The highest BCUT2D eigenvalue weighted by Gasteiger charge is 2.02. The monoisotopic (exact) mass is 260 g/mol. The molecule has 0 saturated carbocycles. The van der Waals surface area contributed by atoms with Gasteiger partial charge in [-0.3, -0.25) is 0 Å². The largest absolute Gasteiger partial charge is 0.380 e. The Morgan fingerprint density at radius 3 is 2.84 bits per heavy atom. The first kappa shape index (κ1) is 14.1. The van der Waals surface area contributed by atoms with Gasteiger partial charge in [0.25, 0.3) is 0 Å². The van der Waals surface area contributed by atoms with Crippen molar-refractivity contribution in [1.82, 2.24) is 9.88 Å². The van der Waals surface area contributed by atoms with Crippen LogP contribution in [0.25, 0.3) is 10.9 Å². The van der Waals surface area contributed by atoms with E-state index in [4.69, 9.17) is 4.74 Å². The van der Waals surface area contributed by atoms with Crippen molar-refractivity contribution in [3.63, 3.8) is 0 Å². The molecule has 1 aromatic heterocycles. The lowest BCUT2D eigenvalue weighted by Gasteiger charge is -2.07. The average Bonchev–Trinajstić information content (AvgIpc) is 2.84. The highest BCUT2D eigenvalue weighted by molar-refractivity contribution is 5.80. The predicted molar refractivity (Wildman–Crippen MR) is 80.4 cm³/mol. The summed E-state index contributed by atoms with van der Waals surface area (Å²) in [5.74, 6) is 0. The Labute approximate surface area is 115 Å². The van der Waals surface area contributed by atoms with Crippen LogP contribution in [0.4, 0.5) is 0 Å². The minimum absolute atomic E-state index is 0.788. The Hall–Kier alpha value is -1.32. The van der Waals surface area contributed by atoms with E-state index in [9.17, 15) is 0 Å². The Balaban J connectivity index is 2.02. The molecule has 0 saturated heterocycles. The standard InChI is InChI=1S/C16H24N2O/c1-3-10-19-11-9-18-8-7-15-12-14(13-17-4-2)5-6-16(15)18/h5-8,12,17H,3-4,9-11,13H2,1-2H3. The Morgan fingerprint density at radius 1 is 1.16 bits per heavy atom. The summed E-state index contributed by atoms with van der Waals surface area (Å²) in [5.41, 5.74) is 2.63. The second kappa shape index (κ2) is 7.31. The van der Waals surface area contributed by atoms with Gasteiger partial charge in [-0.1, -0.05) is 19.9 Å². The molecule has 0 aliphatic rings. The van der Waals surface area contributed by atoms with Crippen LogP contribution < -0.4 is 5.32 Å². The molecule has 0 radical (unpaired) electrons. The molecule has 0 atom stereocenters. The molecule has 0 fully saturated rings. The van der Waals surface area contributed by atoms with Crippen molar-refractivity contribution in [2.75, 3.05) is 19.8 Å². The number of hydrogen-bond donors (Lipinski definition) is 1. The topological polar surface area (TPSA) is 26.2 Å². The molecule has 1 heterocycles. The van der Waals surface area contributed by atoms with E-state index in [0.29, 0.717) is 0 Å². The lowest BCUT2D eigenvalue weighted by Crippen LogP contribution is -2.11. The zero-order valence-corrected chi connectivity index (χ0v) is 12.0. The van der Waals surface area contributed by atoms with E-state index in [1.165, 1.54) is 16.5 Å². The third-order valence-electron chi connectivity index (χ3n) is 3.24. The fourth-order valence-electron chi connectivity index (χ4n) is 2.23. The van der Waals surface area contributed by atoms with E-state index in [-0.39, 0.29) is 0 Å². The number of hydrogen-bond acceptors (Lipinski definition) is 2. The van der Waals surface area contributed by atoms with Crippen LogP contribution in [0.15, 0.2) is 30.5 Å². The van der Waals surface area contributed by atoms with Gasteiger partial charge in [-0.2, -0.15) is 0 Å². The van der Waals surface area contributed by atoms with Crippen LogP contribution >= 0.6 is 0 Å². The fraction of sp³-hybridized carbons (Fsp3) is 0.500. The highest BCUT2D eigenvalue weighted by Crippen LogP contribution is 2.17. The van der Waals surface area contributed by atoms with Gasteiger partial charge < -0.3 is 14.6 Å². The third-order valence-corrected chi connectivity index (χ3v) is 3.24. The molecule has 1 N–H and O–H groups in total. The zero-order chi connectivity index (χ0) is 13.5. The predicted octanol–water partition coefficient (Wildman–Crippen LogP) is 3.18. The molecule has 3 heteroatoms. The van der Waals surface area contributed by atoms with Gasteiger partial charge in [0, 0.05) is 31.4 Å². The average molecular weight is 260 g/mol. The molecule has 0 spiro atoms. The van der Waals surface area contributed by atoms with Crippen LogP contribution in [0.5, 0.6) is 0 Å². The van der Waals surface area contributed by atoms with Gasteiger partial charge in [-0.25, -0.2) is 0 Å². The maximum Gasteiger partial charge on any atom is 0.0645 e. The Bertz CT molecular complexity index is 504. The molecule has 1 aromatic carbocycles. The van der Waals surface area contributed by atoms with Gasteiger partial charge in [-0.05, 0) is 42.1 Å².